The molecule has 2 heterocycles. The van der Waals surface area contributed by atoms with Gasteiger partial charge in [-0.1, -0.05) is 60.7 Å². The van der Waals surface area contributed by atoms with Gasteiger partial charge in [0.25, 0.3) is 0 Å². The van der Waals surface area contributed by atoms with Crippen molar-refractivity contribution in [1.82, 2.24) is 9.97 Å². The number of aromatic nitrogens is 2. The Morgan fingerprint density at radius 1 is 0.852 bits per heavy atom. The van der Waals surface area contributed by atoms with E-state index >= 15 is 0 Å². The first-order chi connectivity index (χ1) is 13.4. The zero-order chi connectivity index (χ0) is 18.5. The molecule has 0 aliphatic carbocycles. The smallest absolute Gasteiger partial charge is 0.183 e. The van der Waals surface area contributed by atoms with Gasteiger partial charge in [0.05, 0.1) is 26.2 Å². The summed E-state index contributed by atoms with van der Waals surface area (Å²) in [5.41, 5.74) is 3.08. The third-order valence-corrected chi connectivity index (χ3v) is 5.16. The van der Waals surface area contributed by atoms with Crippen LogP contribution in [0.15, 0.2) is 73.1 Å². The second kappa shape index (κ2) is 7.98. The van der Waals surface area contributed by atoms with Crippen molar-refractivity contribution in [3.63, 3.8) is 0 Å². The largest absolute Gasteiger partial charge is 0.343 e. The number of rotatable bonds is 4. The average molecular weight is 356 g/mol. The molecule has 1 N–H and O–H groups in total. The average Bonchev–Trinajstić information content (AvgIpc) is 2.76. The van der Waals surface area contributed by atoms with Crippen LogP contribution in [0.2, 0.25) is 0 Å². The molecule has 0 atom stereocenters. The van der Waals surface area contributed by atoms with Crippen LogP contribution in [0.3, 0.4) is 0 Å². The van der Waals surface area contributed by atoms with Crippen LogP contribution < -0.4 is 9.80 Å². The van der Waals surface area contributed by atoms with E-state index < -0.39 is 0 Å². The predicted octanol–water partition coefficient (Wildman–Crippen LogP) is 1.84. The normalized spacial score (nSPS) is 14.9. The Balaban J connectivity index is 1.57. The first kappa shape index (κ1) is 17.2. The van der Waals surface area contributed by atoms with E-state index in [2.05, 4.69) is 81.6 Å². The van der Waals surface area contributed by atoms with Gasteiger partial charge in [0.1, 0.15) is 12.1 Å². The van der Waals surface area contributed by atoms with Gasteiger partial charge in [-0.05, 0) is 0 Å². The molecule has 3 aromatic rings. The number of quaternary nitrogens is 1. The highest BCUT2D eigenvalue weighted by atomic mass is 15.3. The minimum atomic E-state index is 0.312. The molecule has 4 rings (SSSR count). The van der Waals surface area contributed by atoms with Gasteiger partial charge < -0.3 is 9.80 Å². The Hall–Kier alpha value is -3.23. The molecule has 1 aliphatic heterocycles. The molecule has 5 nitrogen and oxygen atoms in total. The Bertz CT molecular complexity index is 873. The zero-order valence-electron chi connectivity index (χ0n) is 15.1. The molecular weight excluding hydrogens is 334 g/mol. The summed E-state index contributed by atoms with van der Waals surface area (Å²) in [6.45, 7) is 3.68. The van der Waals surface area contributed by atoms with Gasteiger partial charge in [0.15, 0.2) is 11.5 Å². The molecular formula is C22H22N5+. The lowest BCUT2D eigenvalue weighted by Gasteiger charge is -2.37. The summed E-state index contributed by atoms with van der Waals surface area (Å²) in [6.07, 6.45) is 3.23. The van der Waals surface area contributed by atoms with Gasteiger partial charge in [0, 0.05) is 23.5 Å². The van der Waals surface area contributed by atoms with Crippen LogP contribution in [0.4, 0.5) is 5.82 Å². The fourth-order valence-corrected chi connectivity index (χ4v) is 3.89. The lowest BCUT2D eigenvalue weighted by Crippen LogP contribution is -3.15. The van der Waals surface area contributed by atoms with Crippen LogP contribution >= 0.6 is 0 Å². The van der Waals surface area contributed by atoms with E-state index in [1.54, 1.807) is 12.4 Å². The molecule has 134 valence electrons. The van der Waals surface area contributed by atoms with E-state index in [1.807, 2.05) is 0 Å². The zero-order valence-corrected chi connectivity index (χ0v) is 15.1. The first-order valence-corrected chi connectivity index (χ1v) is 9.27. The maximum atomic E-state index is 9.30. The standard InChI is InChI=1S/C22H21N5/c23-17-20-22(25-12-11-24-20)27-15-13-26(14-16-27)21(18-7-3-1-4-8-18)19-9-5-2-6-10-19/h1-12,21H,13-16H2/p+1. The number of piperazine rings is 1. The van der Waals surface area contributed by atoms with Crippen LogP contribution in [0.5, 0.6) is 0 Å². The van der Waals surface area contributed by atoms with Gasteiger partial charge >= 0.3 is 0 Å². The van der Waals surface area contributed by atoms with Gasteiger partial charge in [-0.25, -0.2) is 9.97 Å². The molecule has 0 unspecified atom stereocenters. The highest BCUT2D eigenvalue weighted by molar-refractivity contribution is 5.49. The summed E-state index contributed by atoms with van der Waals surface area (Å²) >= 11 is 0. The SMILES string of the molecule is N#Cc1nccnc1N1CC[NH+](C(c2ccccc2)c2ccccc2)CC1. The van der Waals surface area contributed by atoms with E-state index in [0.29, 0.717) is 17.6 Å². The summed E-state index contributed by atoms with van der Waals surface area (Å²) in [6, 6.07) is 23.9. The van der Waals surface area contributed by atoms with E-state index in [-0.39, 0.29) is 0 Å². The lowest BCUT2D eigenvalue weighted by atomic mass is 9.96. The van der Waals surface area contributed by atoms with Crippen LogP contribution in [0.25, 0.3) is 0 Å². The second-order valence-corrected chi connectivity index (χ2v) is 6.74. The third-order valence-electron chi connectivity index (χ3n) is 5.16. The molecule has 0 bridgehead atoms. The van der Waals surface area contributed by atoms with Crippen molar-refractivity contribution in [2.45, 2.75) is 6.04 Å². The molecule has 0 spiro atoms. The van der Waals surface area contributed by atoms with E-state index in [4.69, 9.17) is 0 Å². The summed E-state index contributed by atoms with van der Waals surface area (Å²) in [5, 5.41) is 9.30. The van der Waals surface area contributed by atoms with Crippen molar-refractivity contribution in [3.8, 4) is 6.07 Å². The summed E-state index contributed by atoms with van der Waals surface area (Å²) < 4.78 is 0. The van der Waals surface area contributed by atoms with Crippen molar-refractivity contribution in [2.75, 3.05) is 31.1 Å². The first-order valence-electron chi connectivity index (χ1n) is 9.27. The summed E-state index contributed by atoms with van der Waals surface area (Å²) in [7, 11) is 0. The van der Waals surface area contributed by atoms with Gasteiger partial charge in [0.2, 0.25) is 0 Å². The Morgan fingerprint density at radius 3 is 1.96 bits per heavy atom. The van der Waals surface area contributed by atoms with Crippen molar-refractivity contribution in [3.05, 3.63) is 89.9 Å². The summed E-state index contributed by atoms with van der Waals surface area (Å²) in [4.78, 5) is 12.3. The van der Waals surface area contributed by atoms with E-state index in [0.717, 1.165) is 26.2 Å². The summed E-state index contributed by atoms with van der Waals surface area (Å²) in [5.74, 6) is 0.704. The van der Waals surface area contributed by atoms with Crippen LogP contribution in [0.1, 0.15) is 22.9 Å². The van der Waals surface area contributed by atoms with Crippen LogP contribution in [-0.4, -0.2) is 36.1 Å². The predicted molar refractivity (Wildman–Crippen MR) is 104 cm³/mol. The quantitative estimate of drug-likeness (QED) is 0.775. The van der Waals surface area contributed by atoms with Crippen molar-refractivity contribution in [1.29, 1.82) is 5.26 Å². The molecule has 0 amide bonds. The number of nitrogens with one attached hydrogen (secondary N) is 1. The lowest BCUT2D eigenvalue weighted by molar-refractivity contribution is -0.926. The molecule has 1 saturated heterocycles. The van der Waals surface area contributed by atoms with Crippen molar-refractivity contribution in [2.24, 2.45) is 0 Å². The molecule has 27 heavy (non-hydrogen) atoms. The van der Waals surface area contributed by atoms with E-state index in [1.165, 1.54) is 16.0 Å². The maximum absolute atomic E-state index is 9.30. The molecule has 5 heteroatoms. The van der Waals surface area contributed by atoms with Crippen molar-refractivity contribution < 1.29 is 4.90 Å². The highest BCUT2D eigenvalue weighted by Gasteiger charge is 2.31. The Kier molecular flexibility index (Phi) is 5.08. The van der Waals surface area contributed by atoms with Crippen LogP contribution in [-0.2, 0) is 0 Å². The van der Waals surface area contributed by atoms with Gasteiger partial charge in [-0.3, -0.25) is 0 Å². The maximum Gasteiger partial charge on any atom is 0.183 e. The fourth-order valence-electron chi connectivity index (χ4n) is 3.89. The molecule has 0 radical (unpaired) electrons. The molecule has 2 aromatic carbocycles. The minimum absolute atomic E-state index is 0.312. The minimum Gasteiger partial charge on any atom is -0.343 e. The van der Waals surface area contributed by atoms with Gasteiger partial charge in [-0.2, -0.15) is 5.26 Å². The van der Waals surface area contributed by atoms with Gasteiger partial charge in [-0.15, -0.1) is 0 Å². The topological polar surface area (TPSA) is 57.2 Å². The molecule has 1 aromatic heterocycles. The van der Waals surface area contributed by atoms with Crippen LogP contribution in [0, 0.1) is 11.3 Å². The number of nitrogens with zero attached hydrogens (tertiary/aromatic N) is 4. The highest BCUT2D eigenvalue weighted by Crippen LogP contribution is 2.20. The number of hydrogen-bond donors (Lipinski definition) is 1. The Morgan fingerprint density at radius 2 is 1.41 bits per heavy atom. The molecule has 1 fully saturated rings. The van der Waals surface area contributed by atoms with E-state index in [9.17, 15) is 5.26 Å². The number of benzene rings is 2. The number of anilines is 1. The van der Waals surface area contributed by atoms with Crippen molar-refractivity contribution >= 4 is 5.82 Å². The molecule has 1 aliphatic rings. The Labute approximate surface area is 159 Å². The number of nitriles is 1. The third kappa shape index (κ3) is 3.67. The monoisotopic (exact) mass is 356 g/mol. The molecule has 0 saturated carbocycles. The second-order valence-electron chi connectivity index (χ2n) is 6.74. The number of hydrogen-bond acceptors (Lipinski definition) is 4. The fraction of sp³-hybridized carbons (Fsp3) is 0.227.